The van der Waals surface area contributed by atoms with E-state index in [0.29, 0.717) is 0 Å². The smallest absolute Gasteiger partial charge is 0.161 e. The molecule has 0 amide bonds. The standard InChI is InChI=1S/C17H21N3/c1-11-8-12(2)10-13(9-11)16-19-15-7-5-4-6-14(15)17(18-3)20-16/h8-10H,4-7H2,1-3H3,(H,18,19,20). The van der Waals surface area contributed by atoms with Crippen LogP contribution >= 0.6 is 0 Å². The summed E-state index contributed by atoms with van der Waals surface area (Å²) >= 11 is 0. The second-order valence-electron chi connectivity index (χ2n) is 5.65. The van der Waals surface area contributed by atoms with Crippen LogP contribution in [0.4, 0.5) is 5.82 Å². The van der Waals surface area contributed by atoms with E-state index >= 15 is 0 Å². The highest BCUT2D eigenvalue weighted by atomic mass is 15.0. The number of anilines is 1. The third-order valence-electron chi connectivity index (χ3n) is 3.90. The van der Waals surface area contributed by atoms with Crippen LogP contribution in [0.1, 0.15) is 35.2 Å². The van der Waals surface area contributed by atoms with Gasteiger partial charge in [0.2, 0.25) is 0 Å². The van der Waals surface area contributed by atoms with Crippen molar-refractivity contribution in [1.29, 1.82) is 0 Å². The molecule has 2 aromatic rings. The SMILES string of the molecule is CNc1nc(-c2cc(C)cc(C)c2)nc2c1CCCC2. The summed E-state index contributed by atoms with van der Waals surface area (Å²) in [6.07, 6.45) is 4.65. The van der Waals surface area contributed by atoms with Gasteiger partial charge in [0.1, 0.15) is 5.82 Å². The molecule has 1 heterocycles. The van der Waals surface area contributed by atoms with E-state index < -0.39 is 0 Å². The van der Waals surface area contributed by atoms with Crippen molar-refractivity contribution in [3.63, 3.8) is 0 Å². The number of hydrogen-bond acceptors (Lipinski definition) is 3. The van der Waals surface area contributed by atoms with Crippen LogP contribution in [-0.4, -0.2) is 17.0 Å². The first-order chi connectivity index (χ1) is 9.67. The number of aromatic nitrogens is 2. The molecule has 1 aromatic heterocycles. The first-order valence-corrected chi connectivity index (χ1v) is 7.33. The van der Waals surface area contributed by atoms with Gasteiger partial charge >= 0.3 is 0 Å². The Morgan fingerprint density at radius 3 is 2.35 bits per heavy atom. The molecule has 0 radical (unpaired) electrons. The van der Waals surface area contributed by atoms with Gasteiger partial charge in [-0.2, -0.15) is 0 Å². The fourth-order valence-electron chi connectivity index (χ4n) is 3.03. The fourth-order valence-corrected chi connectivity index (χ4v) is 3.03. The van der Waals surface area contributed by atoms with Gasteiger partial charge in [0.05, 0.1) is 0 Å². The summed E-state index contributed by atoms with van der Waals surface area (Å²) in [6, 6.07) is 6.51. The number of nitrogens with one attached hydrogen (secondary N) is 1. The molecule has 3 nitrogen and oxygen atoms in total. The van der Waals surface area contributed by atoms with Crippen molar-refractivity contribution in [3.05, 3.63) is 40.6 Å². The average molecular weight is 267 g/mol. The first-order valence-electron chi connectivity index (χ1n) is 7.33. The minimum absolute atomic E-state index is 0.849. The van der Waals surface area contributed by atoms with Crippen LogP contribution in [0, 0.1) is 13.8 Å². The Kier molecular flexibility index (Phi) is 3.43. The fraction of sp³-hybridized carbons (Fsp3) is 0.412. The summed E-state index contributed by atoms with van der Waals surface area (Å²) in [7, 11) is 1.95. The van der Waals surface area contributed by atoms with Crippen LogP contribution in [0.15, 0.2) is 18.2 Å². The van der Waals surface area contributed by atoms with Crippen LogP contribution in [-0.2, 0) is 12.8 Å². The van der Waals surface area contributed by atoms with Crippen LogP contribution in [0.2, 0.25) is 0 Å². The zero-order chi connectivity index (χ0) is 14.1. The van der Waals surface area contributed by atoms with Crippen molar-refractivity contribution in [1.82, 2.24) is 9.97 Å². The molecule has 1 aliphatic rings. The maximum atomic E-state index is 4.82. The largest absolute Gasteiger partial charge is 0.373 e. The van der Waals surface area contributed by atoms with Gasteiger partial charge in [-0.3, -0.25) is 0 Å². The van der Waals surface area contributed by atoms with Gasteiger partial charge in [0, 0.05) is 23.9 Å². The molecule has 0 aliphatic heterocycles. The Balaban J connectivity index is 2.14. The van der Waals surface area contributed by atoms with Crippen LogP contribution in [0.25, 0.3) is 11.4 Å². The Bertz CT molecular complexity index is 609. The molecule has 1 N–H and O–H groups in total. The number of aryl methyl sites for hydroxylation is 3. The van der Waals surface area contributed by atoms with Crippen molar-refractivity contribution in [2.24, 2.45) is 0 Å². The van der Waals surface area contributed by atoms with E-state index in [0.717, 1.165) is 30.0 Å². The predicted molar refractivity (Wildman–Crippen MR) is 83.1 cm³/mol. The number of benzene rings is 1. The molecule has 0 fully saturated rings. The molecule has 20 heavy (non-hydrogen) atoms. The van der Waals surface area contributed by atoms with Gasteiger partial charge in [-0.1, -0.05) is 17.2 Å². The lowest BCUT2D eigenvalue weighted by Gasteiger charge is -2.19. The molecule has 0 saturated heterocycles. The summed E-state index contributed by atoms with van der Waals surface area (Å²) < 4.78 is 0. The summed E-state index contributed by atoms with van der Waals surface area (Å²) in [5.41, 5.74) is 6.17. The van der Waals surface area contributed by atoms with Crippen molar-refractivity contribution >= 4 is 5.82 Å². The Hall–Kier alpha value is -1.90. The lowest BCUT2D eigenvalue weighted by Crippen LogP contribution is -2.12. The predicted octanol–water partition coefficient (Wildman–Crippen LogP) is 3.68. The average Bonchev–Trinajstić information content (AvgIpc) is 2.45. The van der Waals surface area contributed by atoms with Gasteiger partial charge in [-0.15, -0.1) is 0 Å². The molecule has 0 spiro atoms. The highest BCUT2D eigenvalue weighted by molar-refractivity contribution is 5.62. The number of nitrogens with zero attached hydrogens (tertiary/aromatic N) is 2. The zero-order valence-corrected chi connectivity index (χ0v) is 12.5. The van der Waals surface area contributed by atoms with E-state index in [-0.39, 0.29) is 0 Å². The van der Waals surface area contributed by atoms with Gasteiger partial charge in [-0.25, -0.2) is 9.97 Å². The number of rotatable bonds is 2. The Morgan fingerprint density at radius 1 is 0.950 bits per heavy atom. The van der Waals surface area contributed by atoms with E-state index in [2.05, 4.69) is 37.4 Å². The summed E-state index contributed by atoms with van der Waals surface area (Å²) in [4.78, 5) is 9.56. The molecule has 0 bridgehead atoms. The minimum atomic E-state index is 0.849. The van der Waals surface area contributed by atoms with E-state index in [1.807, 2.05) is 7.05 Å². The normalized spacial score (nSPS) is 13.9. The highest BCUT2D eigenvalue weighted by Crippen LogP contribution is 2.28. The molecule has 0 saturated carbocycles. The van der Waals surface area contributed by atoms with E-state index in [9.17, 15) is 0 Å². The molecule has 104 valence electrons. The maximum absolute atomic E-state index is 4.82. The van der Waals surface area contributed by atoms with Crippen LogP contribution in [0.5, 0.6) is 0 Å². The maximum Gasteiger partial charge on any atom is 0.161 e. The topological polar surface area (TPSA) is 37.8 Å². The van der Waals surface area contributed by atoms with Crippen molar-refractivity contribution in [3.8, 4) is 11.4 Å². The second kappa shape index (κ2) is 5.23. The van der Waals surface area contributed by atoms with Gasteiger partial charge < -0.3 is 5.32 Å². The molecule has 0 atom stereocenters. The molecule has 1 aromatic carbocycles. The molecule has 3 heteroatoms. The minimum Gasteiger partial charge on any atom is -0.373 e. The second-order valence-corrected chi connectivity index (χ2v) is 5.65. The monoisotopic (exact) mass is 267 g/mol. The van der Waals surface area contributed by atoms with Crippen molar-refractivity contribution in [2.45, 2.75) is 39.5 Å². The lowest BCUT2D eigenvalue weighted by molar-refractivity contribution is 0.665. The van der Waals surface area contributed by atoms with Crippen LogP contribution in [0.3, 0.4) is 0 Å². The third kappa shape index (κ3) is 2.40. The Labute approximate surface area is 120 Å². The van der Waals surface area contributed by atoms with Crippen molar-refractivity contribution in [2.75, 3.05) is 12.4 Å². The quantitative estimate of drug-likeness (QED) is 0.902. The van der Waals surface area contributed by atoms with E-state index in [1.54, 1.807) is 0 Å². The number of fused-ring (bicyclic) bond motifs is 1. The summed E-state index contributed by atoms with van der Waals surface area (Å²) in [5.74, 6) is 1.85. The van der Waals surface area contributed by atoms with Crippen LogP contribution < -0.4 is 5.32 Å². The molecule has 1 aliphatic carbocycles. The van der Waals surface area contributed by atoms with Gasteiger partial charge in [-0.05, 0) is 51.7 Å². The number of hydrogen-bond donors (Lipinski definition) is 1. The van der Waals surface area contributed by atoms with Gasteiger partial charge in [0.15, 0.2) is 5.82 Å². The molecule has 0 unspecified atom stereocenters. The van der Waals surface area contributed by atoms with E-state index in [1.165, 1.54) is 35.2 Å². The highest BCUT2D eigenvalue weighted by Gasteiger charge is 2.17. The van der Waals surface area contributed by atoms with E-state index in [4.69, 9.17) is 9.97 Å². The van der Waals surface area contributed by atoms with Crippen molar-refractivity contribution < 1.29 is 0 Å². The zero-order valence-electron chi connectivity index (χ0n) is 12.5. The van der Waals surface area contributed by atoms with Gasteiger partial charge in [0.25, 0.3) is 0 Å². The molecule has 3 rings (SSSR count). The lowest BCUT2D eigenvalue weighted by atomic mass is 9.96. The first kappa shape index (κ1) is 13.1. The summed E-state index contributed by atoms with van der Waals surface area (Å²) in [6.45, 7) is 4.24. The Morgan fingerprint density at radius 2 is 1.65 bits per heavy atom. The molecular weight excluding hydrogens is 246 g/mol. The third-order valence-corrected chi connectivity index (χ3v) is 3.90. The molecular formula is C17H21N3. The summed E-state index contributed by atoms with van der Waals surface area (Å²) in [5, 5.41) is 3.24.